The van der Waals surface area contributed by atoms with Gasteiger partial charge in [0.25, 0.3) is 0 Å². The lowest BCUT2D eigenvalue weighted by Gasteiger charge is -2.13. The summed E-state index contributed by atoms with van der Waals surface area (Å²) in [6, 6.07) is 8.18. The van der Waals surface area contributed by atoms with Crippen LogP contribution in [0.3, 0.4) is 0 Å². The molecule has 21 heavy (non-hydrogen) atoms. The van der Waals surface area contributed by atoms with E-state index in [0.717, 1.165) is 11.6 Å². The smallest absolute Gasteiger partial charge is 0.311 e. The average Bonchev–Trinajstić information content (AvgIpc) is 2.42. The van der Waals surface area contributed by atoms with Crippen molar-refractivity contribution in [2.75, 3.05) is 0 Å². The monoisotopic (exact) mass is 291 g/mol. The van der Waals surface area contributed by atoms with E-state index >= 15 is 0 Å². The van der Waals surface area contributed by atoms with Crippen molar-refractivity contribution in [2.24, 2.45) is 0 Å². The Bertz CT molecular complexity index is 685. The highest BCUT2D eigenvalue weighted by atomic mass is 19.1. The van der Waals surface area contributed by atoms with Gasteiger partial charge in [-0.15, -0.1) is 0 Å². The van der Waals surface area contributed by atoms with Crippen LogP contribution in [0.2, 0.25) is 0 Å². The van der Waals surface area contributed by atoms with Gasteiger partial charge < -0.3 is 9.84 Å². The molecular weight excluding hydrogens is 277 g/mol. The van der Waals surface area contributed by atoms with Crippen LogP contribution < -0.4 is 4.74 Å². The molecule has 0 amide bonds. The first-order valence-electron chi connectivity index (χ1n) is 6.29. The molecule has 0 bridgehead atoms. The van der Waals surface area contributed by atoms with Crippen molar-refractivity contribution < 1.29 is 19.2 Å². The molecule has 0 aliphatic heterocycles. The standard InChI is InChI=1S/C15H14FNO4/c1-9-3-5-15(13(7-9)17(19)20)21-14-6-4-11(16)8-12(14)10(2)18/h3-8,10,18H,1-2H3. The number of rotatable bonds is 4. The van der Waals surface area contributed by atoms with Crippen molar-refractivity contribution in [1.82, 2.24) is 0 Å². The lowest BCUT2D eigenvalue weighted by Crippen LogP contribution is -1.99. The van der Waals surface area contributed by atoms with Crippen molar-refractivity contribution in [3.63, 3.8) is 0 Å². The Balaban J connectivity index is 2.46. The number of hydrogen-bond donors (Lipinski definition) is 1. The minimum absolute atomic E-state index is 0.0408. The lowest BCUT2D eigenvalue weighted by molar-refractivity contribution is -0.385. The van der Waals surface area contributed by atoms with Crippen molar-refractivity contribution >= 4 is 5.69 Å². The molecule has 0 saturated heterocycles. The molecule has 2 rings (SSSR count). The molecule has 1 unspecified atom stereocenters. The second kappa shape index (κ2) is 5.88. The minimum atomic E-state index is -0.958. The fourth-order valence-electron chi connectivity index (χ4n) is 1.91. The van der Waals surface area contributed by atoms with E-state index in [9.17, 15) is 19.6 Å². The molecule has 110 valence electrons. The van der Waals surface area contributed by atoms with E-state index in [1.807, 2.05) is 0 Å². The van der Waals surface area contributed by atoms with Crippen LogP contribution in [0, 0.1) is 22.9 Å². The fourth-order valence-corrected chi connectivity index (χ4v) is 1.91. The molecule has 0 fully saturated rings. The van der Waals surface area contributed by atoms with Crippen LogP contribution in [0.1, 0.15) is 24.2 Å². The summed E-state index contributed by atoms with van der Waals surface area (Å²) < 4.78 is 18.7. The first-order valence-corrected chi connectivity index (χ1v) is 6.29. The zero-order chi connectivity index (χ0) is 15.6. The summed E-state index contributed by atoms with van der Waals surface area (Å²) in [5, 5.41) is 20.7. The van der Waals surface area contributed by atoms with Crippen LogP contribution in [-0.2, 0) is 0 Å². The third-order valence-corrected chi connectivity index (χ3v) is 2.95. The molecule has 6 heteroatoms. The topological polar surface area (TPSA) is 72.6 Å². The maximum Gasteiger partial charge on any atom is 0.311 e. The van der Waals surface area contributed by atoms with Gasteiger partial charge in [0.1, 0.15) is 11.6 Å². The molecule has 0 aliphatic carbocycles. The molecule has 2 aromatic carbocycles. The highest BCUT2D eigenvalue weighted by Gasteiger charge is 2.18. The molecule has 0 radical (unpaired) electrons. The Labute approximate surface area is 120 Å². The zero-order valence-corrected chi connectivity index (χ0v) is 11.5. The molecule has 1 atom stereocenters. The van der Waals surface area contributed by atoms with Crippen LogP contribution in [0.15, 0.2) is 36.4 Å². The number of nitro benzene ring substituents is 1. The van der Waals surface area contributed by atoms with Gasteiger partial charge in [0, 0.05) is 11.6 Å². The highest BCUT2D eigenvalue weighted by Crippen LogP contribution is 2.35. The predicted molar refractivity (Wildman–Crippen MR) is 74.9 cm³/mol. The maximum atomic E-state index is 13.2. The van der Waals surface area contributed by atoms with Gasteiger partial charge in [0.15, 0.2) is 0 Å². The maximum absolute atomic E-state index is 13.2. The number of halogens is 1. The van der Waals surface area contributed by atoms with Crippen LogP contribution in [0.25, 0.3) is 0 Å². The Hall–Kier alpha value is -2.47. The summed E-state index contributed by atoms with van der Waals surface area (Å²) in [5.41, 5.74) is 0.768. The number of nitrogens with zero attached hydrogens (tertiary/aromatic N) is 1. The third-order valence-electron chi connectivity index (χ3n) is 2.95. The SMILES string of the molecule is Cc1ccc(Oc2ccc(F)cc2C(C)O)c([N+](=O)[O-])c1. The molecule has 1 N–H and O–H groups in total. The number of ether oxygens (including phenoxy) is 1. The largest absolute Gasteiger partial charge is 0.450 e. The summed E-state index contributed by atoms with van der Waals surface area (Å²) >= 11 is 0. The van der Waals surface area contributed by atoms with Crippen LogP contribution in [0.4, 0.5) is 10.1 Å². The molecule has 0 saturated carbocycles. The Morgan fingerprint density at radius 1 is 1.24 bits per heavy atom. The first-order chi connectivity index (χ1) is 9.88. The van der Waals surface area contributed by atoms with E-state index < -0.39 is 16.8 Å². The van der Waals surface area contributed by atoms with Gasteiger partial charge in [-0.2, -0.15) is 0 Å². The van der Waals surface area contributed by atoms with Gasteiger partial charge in [0.2, 0.25) is 5.75 Å². The number of aliphatic hydroxyl groups is 1. The van der Waals surface area contributed by atoms with Gasteiger partial charge >= 0.3 is 5.69 Å². The summed E-state index contributed by atoms with van der Waals surface area (Å²) in [6.07, 6.45) is -0.958. The summed E-state index contributed by atoms with van der Waals surface area (Å²) in [4.78, 5) is 10.5. The number of aryl methyl sites for hydroxylation is 1. The lowest BCUT2D eigenvalue weighted by atomic mass is 10.1. The van der Waals surface area contributed by atoms with Crippen LogP contribution >= 0.6 is 0 Å². The number of nitro groups is 1. The van der Waals surface area contributed by atoms with Crippen LogP contribution in [0.5, 0.6) is 11.5 Å². The van der Waals surface area contributed by atoms with Gasteiger partial charge in [0.05, 0.1) is 11.0 Å². The van der Waals surface area contributed by atoms with E-state index in [-0.39, 0.29) is 22.7 Å². The molecule has 0 spiro atoms. The normalized spacial score (nSPS) is 12.0. The van der Waals surface area contributed by atoms with Gasteiger partial charge in [-0.3, -0.25) is 10.1 Å². The fraction of sp³-hybridized carbons (Fsp3) is 0.200. The Morgan fingerprint density at radius 2 is 1.90 bits per heavy atom. The first kappa shape index (κ1) is 14.9. The van der Waals surface area contributed by atoms with Gasteiger partial charge in [-0.1, -0.05) is 6.07 Å². The summed E-state index contributed by atoms with van der Waals surface area (Å²) in [6.45, 7) is 3.20. The molecule has 0 heterocycles. The van der Waals surface area contributed by atoms with Crippen molar-refractivity contribution in [3.8, 4) is 11.5 Å². The third kappa shape index (κ3) is 3.35. The van der Waals surface area contributed by atoms with Crippen LogP contribution in [-0.4, -0.2) is 10.0 Å². The Kier molecular flexibility index (Phi) is 4.18. The second-order valence-corrected chi connectivity index (χ2v) is 4.69. The van der Waals surface area contributed by atoms with Gasteiger partial charge in [-0.25, -0.2) is 4.39 Å². The summed E-state index contributed by atoms with van der Waals surface area (Å²) in [5.74, 6) is -0.297. The molecule has 5 nitrogen and oxygen atoms in total. The number of hydrogen-bond acceptors (Lipinski definition) is 4. The number of benzene rings is 2. The predicted octanol–water partition coefficient (Wildman–Crippen LogP) is 3.89. The molecule has 0 aliphatic rings. The second-order valence-electron chi connectivity index (χ2n) is 4.69. The molecule has 2 aromatic rings. The van der Waals surface area contributed by atoms with E-state index in [4.69, 9.17) is 4.74 Å². The summed E-state index contributed by atoms with van der Waals surface area (Å²) in [7, 11) is 0. The highest BCUT2D eigenvalue weighted by molar-refractivity contribution is 5.51. The number of aliphatic hydroxyl groups excluding tert-OH is 1. The quantitative estimate of drug-likeness (QED) is 0.685. The van der Waals surface area contributed by atoms with Gasteiger partial charge in [-0.05, 0) is 43.7 Å². The molecular formula is C15H14FNO4. The van der Waals surface area contributed by atoms with Crippen molar-refractivity contribution in [2.45, 2.75) is 20.0 Å². The van der Waals surface area contributed by atoms with E-state index in [1.54, 1.807) is 13.0 Å². The van der Waals surface area contributed by atoms with E-state index in [0.29, 0.717) is 0 Å². The van der Waals surface area contributed by atoms with Crippen molar-refractivity contribution in [1.29, 1.82) is 0 Å². The van der Waals surface area contributed by atoms with Crippen molar-refractivity contribution in [3.05, 3.63) is 63.5 Å². The zero-order valence-electron chi connectivity index (χ0n) is 11.5. The molecule has 0 aromatic heterocycles. The van der Waals surface area contributed by atoms with E-state index in [2.05, 4.69) is 0 Å². The average molecular weight is 291 g/mol. The minimum Gasteiger partial charge on any atom is -0.450 e. The Morgan fingerprint density at radius 3 is 2.52 bits per heavy atom. The van der Waals surface area contributed by atoms with E-state index in [1.165, 1.54) is 31.2 Å².